The van der Waals surface area contributed by atoms with E-state index in [2.05, 4.69) is 39.6 Å². The van der Waals surface area contributed by atoms with Crippen LogP contribution in [-0.2, 0) is 0 Å². The third kappa shape index (κ3) is 2.09. The minimum Gasteiger partial charge on any atom is -0.283 e. The summed E-state index contributed by atoms with van der Waals surface area (Å²) in [6.45, 7) is 4.20. The van der Waals surface area contributed by atoms with Gasteiger partial charge < -0.3 is 0 Å². The van der Waals surface area contributed by atoms with E-state index in [-0.39, 0.29) is 0 Å². The summed E-state index contributed by atoms with van der Waals surface area (Å²) in [6, 6.07) is 5.91. The predicted octanol–water partition coefficient (Wildman–Crippen LogP) is 2.13. The van der Waals surface area contributed by atoms with Crippen molar-refractivity contribution >= 4 is 15.9 Å². The minimum atomic E-state index is -0.391. The Kier molecular flexibility index (Phi) is 2.96. The maximum Gasteiger partial charge on any atom is 0.427 e. The molecule has 0 aliphatic carbocycles. The highest BCUT2D eigenvalue weighted by atomic mass is 79.9. The van der Waals surface area contributed by atoms with Crippen molar-refractivity contribution < 1.29 is 9.20 Å². The number of nitrogens with zero attached hydrogens (tertiary/aromatic N) is 1. The number of aromatic nitrogens is 2. The fourth-order valence-electron chi connectivity index (χ4n) is 1.58. The highest BCUT2D eigenvalue weighted by molar-refractivity contribution is 9.10. The van der Waals surface area contributed by atoms with E-state index in [1.807, 2.05) is 18.2 Å². The molecule has 0 fully saturated rings. The topological polar surface area (TPSA) is 49.9 Å². The molecule has 0 amide bonds. The van der Waals surface area contributed by atoms with Crippen LogP contribution < -0.4 is 10.3 Å². The molecule has 0 radical (unpaired) electrons. The lowest BCUT2D eigenvalue weighted by Crippen LogP contribution is -2.33. The number of hydrogen-bond acceptors (Lipinski definition) is 2. The van der Waals surface area contributed by atoms with Gasteiger partial charge in [-0.05, 0) is 28.0 Å². The molecule has 84 valence electrons. The highest BCUT2D eigenvalue weighted by Crippen LogP contribution is 2.23. The van der Waals surface area contributed by atoms with Crippen molar-refractivity contribution in [2.75, 3.05) is 0 Å². The van der Waals surface area contributed by atoms with Crippen LogP contribution in [0.5, 0.6) is 0 Å². The smallest absolute Gasteiger partial charge is 0.283 e. The van der Waals surface area contributed by atoms with Crippen molar-refractivity contribution in [2.24, 2.45) is 0 Å². The molecule has 0 aliphatic heterocycles. The van der Waals surface area contributed by atoms with E-state index in [0.29, 0.717) is 5.92 Å². The van der Waals surface area contributed by atoms with Crippen LogP contribution >= 0.6 is 15.9 Å². The lowest BCUT2D eigenvalue weighted by molar-refractivity contribution is -0.670. The first-order valence-electron chi connectivity index (χ1n) is 4.98. The molecule has 0 saturated heterocycles. The molecular weight excluding hydrogens is 272 g/mol. The molecule has 1 aromatic carbocycles. The molecule has 2 aromatic rings. The summed E-state index contributed by atoms with van der Waals surface area (Å²) in [7, 11) is 0. The Morgan fingerprint density at radius 3 is 2.75 bits per heavy atom. The molecule has 0 saturated carbocycles. The zero-order valence-electron chi connectivity index (χ0n) is 9.03. The molecule has 0 atom stereocenters. The molecule has 0 unspecified atom stereocenters. The molecule has 0 spiro atoms. The highest BCUT2D eigenvalue weighted by Gasteiger charge is 2.18. The van der Waals surface area contributed by atoms with Gasteiger partial charge in [0.05, 0.1) is 0 Å². The quantitative estimate of drug-likeness (QED) is 0.859. The van der Waals surface area contributed by atoms with Crippen molar-refractivity contribution in [1.82, 2.24) is 5.27 Å². The van der Waals surface area contributed by atoms with E-state index < -0.39 is 5.63 Å². The number of H-pyrrole nitrogens is 1. The average molecular weight is 284 g/mol. The summed E-state index contributed by atoms with van der Waals surface area (Å²) in [4.78, 5) is 11.0. The minimum absolute atomic E-state index is 0.360. The van der Waals surface area contributed by atoms with Crippen LogP contribution in [0.1, 0.15) is 25.3 Å². The monoisotopic (exact) mass is 283 g/mol. The van der Waals surface area contributed by atoms with Crippen LogP contribution in [0.3, 0.4) is 0 Å². The number of nitrogens with one attached hydrogen (secondary N) is 1. The summed E-state index contributed by atoms with van der Waals surface area (Å²) in [6.07, 6.45) is 1.38. The summed E-state index contributed by atoms with van der Waals surface area (Å²) < 4.78 is 7.26. The Bertz CT molecular complexity index is 557. The summed E-state index contributed by atoms with van der Waals surface area (Å²) in [5, 5.41) is 2.55. The molecule has 0 bridgehead atoms. The second kappa shape index (κ2) is 4.25. The Morgan fingerprint density at radius 2 is 2.19 bits per heavy atom. The summed E-state index contributed by atoms with van der Waals surface area (Å²) >= 11 is 3.44. The molecule has 16 heavy (non-hydrogen) atoms. The summed E-state index contributed by atoms with van der Waals surface area (Å²) in [5.41, 5.74) is 1.66. The van der Waals surface area contributed by atoms with Crippen LogP contribution in [0.4, 0.5) is 0 Å². The third-order valence-corrected chi connectivity index (χ3v) is 2.84. The van der Waals surface area contributed by atoms with Crippen molar-refractivity contribution in [3.63, 3.8) is 0 Å². The van der Waals surface area contributed by atoms with Crippen LogP contribution in [0, 0.1) is 0 Å². The maximum atomic E-state index is 11.0. The van der Waals surface area contributed by atoms with E-state index in [0.717, 1.165) is 15.7 Å². The SMILES string of the molecule is CC(C)c1cc(Br)ccc1-[n+]1cc(=O)o[nH]1. The van der Waals surface area contributed by atoms with E-state index in [1.54, 1.807) is 4.68 Å². The lowest BCUT2D eigenvalue weighted by Gasteiger charge is -2.06. The fourth-order valence-corrected chi connectivity index (χ4v) is 1.96. The second-order valence-corrected chi connectivity index (χ2v) is 4.79. The van der Waals surface area contributed by atoms with Crippen molar-refractivity contribution in [1.29, 1.82) is 0 Å². The van der Waals surface area contributed by atoms with Gasteiger partial charge in [-0.25, -0.2) is 4.79 Å². The lowest BCUT2D eigenvalue weighted by atomic mass is 10.0. The van der Waals surface area contributed by atoms with Gasteiger partial charge >= 0.3 is 5.63 Å². The predicted molar refractivity (Wildman–Crippen MR) is 62.6 cm³/mol. The zero-order valence-corrected chi connectivity index (χ0v) is 10.6. The van der Waals surface area contributed by atoms with Gasteiger partial charge in [0.1, 0.15) is 0 Å². The number of halogens is 1. The first-order valence-corrected chi connectivity index (χ1v) is 5.77. The van der Waals surface area contributed by atoms with Crippen LogP contribution in [0.15, 0.2) is 38.2 Å². The Hall–Kier alpha value is -1.36. The first-order chi connectivity index (χ1) is 7.58. The molecule has 1 aromatic heterocycles. The Balaban J connectivity index is 2.60. The third-order valence-electron chi connectivity index (χ3n) is 2.35. The number of hydrogen-bond donors (Lipinski definition) is 1. The van der Waals surface area contributed by atoms with Crippen LogP contribution in [0.2, 0.25) is 0 Å². The Morgan fingerprint density at radius 1 is 1.44 bits per heavy atom. The van der Waals surface area contributed by atoms with Gasteiger partial charge in [0, 0.05) is 16.1 Å². The van der Waals surface area contributed by atoms with Crippen molar-refractivity contribution in [3.05, 3.63) is 44.9 Å². The second-order valence-electron chi connectivity index (χ2n) is 3.87. The molecule has 2 rings (SSSR count). The Labute approximate surface area is 101 Å². The first kappa shape index (κ1) is 11.1. The molecule has 0 aliphatic rings. The van der Waals surface area contributed by atoms with Gasteiger partial charge in [-0.1, -0.05) is 29.8 Å². The standard InChI is InChI=1S/C11H11BrN2O2/c1-7(2)9-5-8(12)3-4-10(9)14-6-11(15)16-13-14/h3-7H,1-2H3/p+1. The summed E-state index contributed by atoms with van der Waals surface area (Å²) in [5.74, 6) is 0.360. The van der Waals surface area contributed by atoms with Gasteiger partial charge in [0.2, 0.25) is 5.69 Å². The fraction of sp³-hybridized carbons (Fsp3) is 0.273. The van der Waals surface area contributed by atoms with Crippen molar-refractivity contribution in [2.45, 2.75) is 19.8 Å². The zero-order chi connectivity index (χ0) is 11.7. The maximum absolute atomic E-state index is 11.0. The van der Waals surface area contributed by atoms with E-state index in [9.17, 15) is 4.79 Å². The van der Waals surface area contributed by atoms with E-state index in [1.165, 1.54) is 6.20 Å². The number of benzene rings is 1. The van der Waals surface area contributed by atoms with Gasteiger partial charge in [-0.15, -0.1) is 0 Å². The molecule has 4 nitrogen and oxygen atoms in total. The van der Waals surface area contributed by atoms with Crippen molar-refractivity contribution in [3.8, 4) is 5.69 Å². The van der Waals surface area contributed by atoms with Crippen LogP contribution in [0.25, 0.3) is 5.69 Å². The van der Waals surface area contributed by atoms with Gasteiger partial charge in [0.25, 0.3) is 6.20 Å². The molecule has 1 N–H and O–H groups in total. The normalized spacial score (nSPS) is 11.0. The van der Waals surface area contributed by atoms with E-state index >= 15 is 0 Å². The van der Waals surface area contributed by atoms with Gasteiger partial charge in [-0.2, -0.15) is 0 Å². The molecular formula is C11H12BrN2O2+. The van der Waals surface area contributed by atoms with Gasteiger partial charge in [0.15, 0.2) is 0 Å². The average Bonchev–Trinajstić information content (AvgIpc) is 2.64. The van der Waals surface area contributed by atoms with E-state index in [4.69, 9.17) is 0 Å². The molecule has 1 heterocycles. The van der Waals surface area contributed by atoms with Crippen LogP contribution in [-0.4, -0.2) is 5.27 Å². The number of aromatic amines is 1. The largest absolute Gasteiger partial charge is 0.427 e. The van der Waals surface area contributed by atoms with Gasteiger partial charge in [-0.3, -0.25) is 4.52 Å². The molecule has 5 heteroatoms. The number of rotatable bonds is 2.